The van der Waals surface area contributed by atoms with E-state index >= 15 is 0 Å². The molecule has 1 aliphatic rings. The maximum absolute atomic E-state index is 11.9. The van der Waals surface area contributed by atoms with Gasteiger partial charge in [0.05, 0.1) is 23.8 Å². The van der Waals surface area contributed by atoms with E-state index in [-0.39, 0.29) is 4.90 Å². The molecule has 1 aromatic carbocycles. The Morgan fingerprint density at radius 3 is 2.52 bits per heavy atom. The summed E-state index contributed by atoms with van der Waals surface area (Å²) >= 11 is 0. The molecule has 1 saturated heterocycles. The van der Waals surface area contributed by atoms with Crippen LogP contribution < -0.4 is 15.5 Å². The molecule has 1 fully saturated rings. The molecule has 0 bridgehead atoms. The Morgan fingerprint density at radius 1 is 1.03 bits per heavy atom. The zero-order valence-corrected chi connectivity index (χ0v) is 18.2. The van der Waals surface area contributed by atoms with Crippen LogP contribution in [0.2, 0.25) is 0 Å². The molecule has 4 rings (SSSR count). The number of aromatic nitrogens is 3. The smallest absolute Gasteiger partial charge is 0.228 e. The van der Waals surface area contributed by atoms with Crippen molar-refractivity contribution in [1.29, 1.82) is 0 Å². The maximum atomic E-state index is 11.9. The van der Waals surface area contributed by atoms with E-state index in [1.807, 2.05) is 25.2 Å². The SMILES string of the molecule is CNc1ccc(-c2cc(Nc3cccc(S(C)(=O)=O)c3)nc(N3CCOCC3)n2)cn1. The number of hydrogen-bond donors (Lipinski definition) is 2. The normalized spacial score (nSPS) is 14.3. The Hall–Kier alpha value is -3.24. The molecule has 0 atom stereocenters. The first-order chi connectivity index (χ1) is 14.9. The molecule has 2 N–H and O–H groups in total. The highest BCUT2D eigenvalue weighted by atomic mass is 32.2. The van der Waals surface area contributed by atoms with E-state index in [9.17, 15) is 8.42 Å². The highest BCUT2D eigenvalue weighted by Crippen LogP contribution is 2.26. The predicted molar refractivity (Wildman–Crippen MR) is 121 cm³/mol. The molecule has 0 spiro atoms. The summed E-state index contributed by atoms with van der Waals surface area (Å²) in [7, 11) is -1.49. The zero-order chi connectivity index (χ0) is 21.8. The predicted octanol–water partition coefficient (Wildman–Crippen LogP) is 2.56. The number of anilines is 4. The van der Waals surface area contributed by atoms with Gasteiger partial charge in [-0.3, -0.25) is 0 Å². The summed E-state index contributed by atoms with van der Waals surface area (Å²) in [6.45, 7) is 2.63. The lowest BCUT2D eigenvalue weighted by molar-refractivity contribution is 0.122. The summed E-state index contributed by atoms with van der Waals surface area (Å²) in [5.41, 5.74) is 2.20. The Labute approximate surface area is 181 Å². The number of sulfone groups is 1. The quantitative estimate of drug-likeness (QED) is 0.597. The van der Waals surface area contributed by atoms with Gasteiger partial charge in [0.15, 0.2) is 9.84 Å². The van der Waals surface area contributed by atoms with Crippen molar-refractivity contribution in [1.82, 2.24) is 15.0 Å². The summed E-state index contributed by atoms with van der Waals surface area (Å²) in [4.78, 5) is 16.1. The molecule has 1 aliphatic heterocycles. The van der Waals surface area contributed by atoms with Crippen molar-refractivity contribution in [2.75, 3.05) is 55.1 Å². The maximum Gasteiger partial charge on any atom is 0.228 e. The van der Waals surface area contributed by atoms with Gasteiger partial charge in [-0.05, 0) is 30.3 Å². The molecule has 2 aromatic heterocycles. The van der Waals surface area contributed by atoms with Gasteiger partial charge in [-0.1, -0.05) is 6.07 Å². The molecule has 0 saturated carbocycles. The van der Waals surface area contributed by atoms with Crippen molar-refractivity contribution in [2.45, 2.75) is 4.90 Å². The monoisotopic (exact) mass is 440 g/mol. The fourth-order valence-electron chi connectivity index (χ4n) is 3.20. The van der Waals surface area contributed by atoms with Gasteiger partial charge in [0, 0.05) is 49.9 Å². The van der Waals surface area contributed by atoms with Crippen LogP contribution in [0.1, 0.15) is 0 Å². The lowest BCUT2D eigenvalue weighted by Gasteiger charge is -2.27. The van der Waals surface area contributed by atoms with Crippen LogP contribution in [0.3, 0.4) is 0 Å². The lowest BCUT2D eigenvalue weighted by atomic mass is 10.2. The summed E-state index contributed by atoms with van der Waals surface area (Å²) in [5.74, 6) is 1.91. The van der Waals surface area contributed by atoms with Crippen LogP contribution in [0, 0.1) is 0 Å². The molecule has 162 valence electrons. The lowest BCUT2D eigenvalue weighted by Crippen LogP contribution is -2.37. The number of pyridine rings is 1. The fourth-order valence-corrected chi connectivity index (χ4v) is 3.86. The van der Waals surface area contributed by atoms with Crippen LogP contribution in [-0.4, -0.2) is 63.0 Å². The van der Waals surface area contributed by atoms with E-state index < -0.39 is 9.84 Å². The van der Waals surface area contributed by atoms with E-state index in [1.165, 1.54) is 6.26 Å². The molecule has 0 amide bonds. The van der Waals surface area contributed by atoms with Crippen molar-refractivity contribution in [3.05, 3.63) is 48.7 Å². The fraction of sp³-hybridized carbons (Fsp3) is 0.286. The number of hydrogen-bond acceptors (Lipinski definition) is 9. The summed E-state index contributed by atoms with van der Waals surface area (Å²) < 4.78 is 29.3. The number of nitrogens with one attached hydrogen (secondary N) is 2. The van der Waals surface area contributed by atoms with Crippen LogP contribution in [-0.2, 0) is 14.6 Å². The number of nitrogens with zero attached hydrogens (tertiary/aromatic N) is 4. The standard InChI is InChI=1S/C21H24N6O3S/c1-22-19-7-6-15(14-23-19)18-13-20(26-21(25-18)27-8-10-30-11-9-27)24-16-4-3-5-17(12-16)31(2,28)29/h3-7,12-14H,8-11H2,1-2H3,(H,22,23)(H,24,25,26). The first-order valence-corrected chi connectivity index (χ1v) is 11.7. The Kier molecular flexibility index (Phi) is 6.01. The molecule has 0 unspecified atom stereocenters. The van der Waals surface area contributed by atoms with Gasteiger partial charge >= 0.3 is 0 Å². The third-order valence-electron chi connectivity index (χ3n) is 4.86. The van der Waals surface area contributed by atoms with Gasteiger partial charge in [-0.2, -0.15) is 4.98 Å². The van der Waals surface area contributed by atoms with Gasteiger partial charge < -0.3 is 20.3 Å². The summed E-state index contributed by atoms with van der Waals surface area (Å²) in [6.07, 6.45) is 2.94. The highest BCUT2D eigenvalue weighted by Gasteiger charge is 2.17. The van der Waals surface area contributed by atoms with Crippen molar-refractivity contribution in [3.63, 3.8) is 0 Å². The second kappa shape index (κ2) is 8.86. The van der Waals surface area contributed by atoms with Gasteiger partial charge in [0.2, 0.25) is 5.95 Å². The minimum absolute atomic E-state index is 0.243. The largest absolute Gasteiger partial charge is 0.378 e. The van der Waals surface area contributed by atoms with Gasteiger partial charge in [-0.15, -0.1) is 0 Å². The number of benzene rings is 1. The zero-order valence-electron chi connectivity index (χ0n) is 17.4. The average molecular weight is 441 g/mol. The number of ether oxygens (including phenoxy) is 1. The molecular weight excluding hydrogens is 416 g/mol. The highest BCUT2D eigenvalue weighted by molar-refractivity contribution is 7.90. The molecule has 10 heteroatoms. The number of rotatable bonds is 6. The Bertz CT molecular complexity index is 1160. The van der Waals surface area contributed by atoms with Crippen LogP contribution in [0.25, 0.3) is 11.3 Å². The van der Waals surface area contributed by atoms with E-state index in [0.717, 1.165) is 11.4 Å². The van der Waals surface area contributed by atoms with Crippen LogP contribution >= 0.6 is 0 Å². The van der Waals surface area contributed by atoms with E-state index in [0.29, 0.717) is 49.5 Å². The van der Waals surface area contributed by atoms with Crippen LogP contribution in [0.4, 0.5) is 23.3 Å². The molecule has 0 aliphatic carbocycles. The van der Waals surface area contributed by atoms with E-state index in [4.69, 9.17) is 9.72 Å². The van der Waals surface area contributed by atoms with Gasteiger partial charge in [0.1, 0.15) is 11.6 Å². The van der Waals surface area contributed by atoms with Crippen molar-refractivity contribution in [2.24, 2.45) is 0 Å². The molecular formula is C21H24N6O3S. The van der Waals surface area contributed by atoms with Crippen LogP contribution in [0.15, 0.2) is 53.6 Å². The van der Waals surface area contributed by atoms with Crippen molar-refractivity contribution >= 4 is 33.1 Å². The second-order valence-electron chi connectivity index (χ2n) is 7.14. The second-order valence-corrected chi connectivity index (χ2v) is 9.16. The Morgan fingerprint density at radius 2 is 1.84 bits per heavy atom. The third-order valence-corrected chi connectivity index (χ3v) is 5.97. The number of morpholine rings is 1. The molecule has 31 heavy (non-hydrogen) atoms. The first kappa shape index (κ1) is 21.0. The molecule has 9 nitrogen and oxygen atoms in total. The first-order valence-electron chi connectivity index (χ1n) is 9.85. The minimum atomic E-state index is -3.31. The van der Waals surface area contributed by atoms with E-state index in [2.05, 4.69) is 25.5 Å². The summed E-state index contributed by atoms with van der Waals surface area (Å²) in [5, 5.41) is 6.23. The van der Waals surface area contributed by atoms with Gasteiger partial charge in [0.25, 0.3) is 0 Å². The third kappa shape index (κ3) is 5.09. The molecule has 3 heterocycles. The van der Waals surface area contributed by atoms with Crippen LogP contribution in [0.5, 0.6) is 0 Å². The average Bonchev–Trinajstić information content (AvgIpc) is 2.79. The minimum Gasteiger partial charge on any atom is -0.378 e. The van der Waals surface area contributed by atoms with Crippen molar-refractivity contribution < 1.29 is 13.2 Å². The Balaban J connectivity index is 1.72. The molecule has 0 radical (unpaired) electrons. The topological polar surface area (TPSA) is 109 Å². The molecule has 3 aromatic rings. The van der Waals surface area contributed by atoms with Crippen molar-refractivity contribution in [3.8, 4) is 11.3 Å². The van der Waals surface area contributed by atoms with Gasteiger partial charge in [-0.25, -0.2) is 18.4 Å². The summed E-state index contributed by atoms with van der Waals surface area (Å²) in [6, 6.07) is 12.3. The van der Waals surface area contributed by atoms with E-state index in [1.54, 1.807) is 30.5 Å².